The summed E-state index contributed by atoms with van der Waals surface area (Å²) in [4.78, 5) is 24.0. The van der Waals surface area contributed by atoms with Crippen LogP contribution in [0.2, 0.25) is 0 Å². The van der Waals surface area contributed by atoms with Crippen molar-refractivity contribution >= 4 is 11.9 Å². The van der Waals surface area contributed by atoms with Crippen LogP contribution in [-0.2, 0) is 9.59 Å². The number of likely N-dealkylation sites (tertiary alicyclic amines) is 1. The van der Waals surface area contributed by atoms with Gasteiger partial charge in [-0.25, -0.2) is 0 Å². The van der Waals surface area contributed by atoms with Crippen LogP contribution in [0, 0.1) is 5.92 Å². The van der Waals surface area contributed by atoms with Gasteiger partial charge in [-0.3, -0.25) is 9.59 Å². The van der Waals surface area contributed by atoms with Gasteiger partial charge in [0.25, 0.3) is 0 Å². The Morgan fingerprint density at radius 2 is 2.35 bits per heavy atom. The van der Waals surface area contributed by atoms with Crippen molar-refractivity contribution in [2.75, 3.05) is 19.6 Å². The van der Waals surface area contributed by atoms with E-state index in [1.165, 1.54) is 0 Å². The highest BCUT2D eigenvalue weighted by molar-refractivity contribution is 5.77. The number of aliphatic carboxylic acids is 1. The van der Waals surface area contributed by atoms with E-state index >= 15 is 0 Å². The SMILES string of the molecule is NC(CN1CCC2NC(=O)CCC2C1)C(=O)O. The van der Waals surface area contributed by atoms with Gasteiger partial charge in [0.05, 0.1) is 0 Å². The van der Waals surface area contributed by atoms with Gasteiger partial charge in [-0.1, -0.05) is 0 Å². The summed E-state index contributed by atoms with van der Waals surface area (Å²) in [7, 11) is 0. The van der Waals surface area contributed by atoms with Crippen LogP contribution in [0.5, 0.6) is 0 Å². The maximum absolute atomic E-state index is 11.2. The molecule has 0 aromatic carbocycles. The van der Waals surface area contributed by atoms with Crippen LogP contribution in [0.15, 0.2) is 0 Å². The molecule has 3 unspecified atom stereocenters. The molecule has 2 saturated heterocycles. The molecule has 2 rings (SSSR count). The highest BCUT2D eigenvalue weighted by atomic mass is 16.4. The molecule has 2 fully saturated rings. The number of carboxylic acids is 1. The molecule has 0 aliphatic carbocycles. The van der Waals surface area contributed by atoms with Crippen molar-refractivity contribution < 1.29 is 14.7 Å². The Morgan fingerprint density at radius 1 is 1.59 bits per heavy atom. The van der Waals surface area contributed by atoms with Crippen molar-refractivity contribution in [2.24, 2.45) is 11.7 Å². The van der Waals surface area contributed by atoms with Crippen molar-refractivity contribution in [3.8, 4) is 0 Å². The first-order valence-corrected chi connectivity index (χ1v) is 6.06. The van der Waals surface area contributed by atoms with E-state index in [0.29, 0.717) is 18.9 Å². The molecule has 2 heterocycles. The summed E-state index contributed by atoms with van der Waals surface area (Å²) in [6.07, 6.45) is 2.37. The van der Waals surface area contributed by atoms with Gasteiger partial charge in [0.15, 0.2) is 0 Å². The van der Waals surface area contributed by atoms with E-state index in [-0.39, 0.29) is 11.9 Å². The summed E-state index contributed by atoms with van der Waals surface area (Å²) in [5.74, 6) is -0.367. The van der Waals surface area contributed by atoms with Crippen LogP contribution >= 0.6 is 0 Å². The first-order valence-electron chi connectivity index (χ1n) is 6.06. The Morgan fingerprint density at radius 3 is 3.06 bits per heavy atom. The molecule has 1 amide bonds. The fourth-order valence-corrected chi connectivity index (χ4v) is 2.71. The largest absolute Gasteiger partial charge is 0.480 e. The van der Waals surface area contributed by atoms with Crippen LogP contribution in [0.1, 0.15) is 19.3 Å². The van der Waals surface area contributed by atoms with Gasteiger partial charge in [-0.15, -0.1) is 0 Å². The number of nitrogens with one attached hydrogen (secondary N) is 1. The number of nitrogens with zero attached hydrogens (tertiary/aromatic N) is 1. The third-order valence-corrected chi connectivity index (χ3v) is 3.68. The number of piperidine rings is 2. The van der Waals surface area contributed by atoms with E-state index in [0.717, 1.165) is 25.9 Å². The molecular weight excluding hydrogens is 222 g/mol. The third kappa shape index (κ3) is 2.95. The Kier molecular flexibility index (Phi) is 3.63. The molecule has 17 heavy (non-hydrogen) atoms. The summed E-state index contributed by atoms with van der Waals surface area (Å²) in [6.45, 7) is 2.04. The smallest absolute Gasteiger partial charge is 0.321 e. The molecule has 2 aliphatic heterocycles. The Balaban J connectivity index is 1.85. The monoisotopic (exact) mass is 241 g/mol. The van der Waals surface area contributed by atoms with Crippen LogP contribution in [0.25, 0.3) is 0 Å². The lowest BCUT2D eigenvalue weighted by Gasteiger charge is -2.41. The number of carboxylic acid groups (broad SMARTS) is 1. The molecule has 2 aliphatic rings. The zero-order chi connectivity index (χ0) is 12.4. The third-order valence-electron chi connectivity index (χ3n) is 3.68. The molecular formula is C11H19N3O3. The van der Waals surface area contributed by atoms with Gasteiger partial charge in [-0.2, -0.15) is 0 Å². The van der Waals surface area contributed by atoms with Crippen molar-refractivity contribution in [1.82, 2.24) is 10.2 Å². The highest BCUT2D eigenvalue weighted by Crippen LogP contribution is 2.25. The van der Waals surface area contributed by atoms with Gasteiger partial charge in [0.1, 0.15) is 6.04 Å². The van der Waals surface area contributed by atoms with E-state index in [4.69, 9.17) is 10.8 Å². The molecule has 3 atom stereocenters. The second kappa shape index (κ2) is 5.01. The van der Waals surface area contributed by atoms with E-state index in [1.54, 1.807) is 0 Å². The maximum Gasteiger partial charge on any atom is 0.321 e. The second-order valence-electron chi connectivity index (χ2n) is 4.97. The summed E-state index contributed by atoms with van der Waals surface area (Å²) < 4.78 is 0. The molecule has 0 bridgehead atoms. The summed E-state index contributed by atoms with van der Waals surface area (Å²) in [5.41, 5.74) is 5.53. The normalized spacial score (nSPS) is 31.5. The number of carbonyl (C=O) groups excluding carboxylic acids is 1. The summed E-state index contributed by atoms with van der Waals surface area (Å²) in [5, 5.41) is 11.8. The predicted molar refractivity (Wildman–Crippen MR) is 61.3 cm³/mol. The van der Waals surface area contributed by atoms with Crippen molar-refractivity contribution in [3.05, 3.63) is 0 Å². The first kappa shape index (κ1) is 12.3. The topological polar surface area (TPSA) is 95.7 Å². The molecule has 6 nitrogen and oxygen atoms in total. The lowest BCUT2D eigenvalue weighted by Crippen LogP contribution is -2.56. The lowest BCUT2D eigenvalue weighted by atomic mass is 9.85. The molecule has 96 valence electrons. The molecule has 0 radical (unpaired) electrons. The number of nitrogens with two attached hydrogens (primary N) is 1. The standard InChI is InChI=1S/C11H19N3O3/c12-8(11(16)17)6-14-4-3-9-7(5-14)1-2-10(15)13-9/h7-9H,1-6,12H2,(H,13,15)(H,16,17). The molecule has 0 aromatic rings. The molecule has 0 saturated carbocycles. The summed E-state index contributed by atoms with van der Waals surface area (Å²) in [6, 6.07) is -0.543. The van der Waals surface area contributed by atoms with Crippen molar-refractivity contribution in [2.45, 2.75) is 31.3 Å². The second-order valence-corrected chi connectivity index (χ2v) is 4.97. The van der Waals surface area contributed by atoms with E-state index in [1.807, 2.05) is 0 Å². The van der Waals surface area contributed by atoms with Crippen LogP contribution in [0.4, 0.5) is 0 Å². The molecule has 4 N–H and O–H groups in total. The number of hydrogen-bond donors (Lipinski definition) is 3. The number of fused-ring (bicyclic) bond motifs is 1. The number of rotatable bonds is 3. The van der Waals surface area contributed by atoms with E-state index in [9.17, 15) is 9.59 Å². The van der Waals surface area contributed by atoms with E-state index in [2.05, 4.69) is 10.2 Å². The average molecular weight is 241 g/mol. The maximum atomic E-state index is 11.2. The Labute approximate surface area is 100 Å². The average Bonchev–Trinajstić information content (AvgIpc) is 2.29. The molecule has 0 aromatic heterocycles. The minimum atomic E-state index is -0.955. The van der Waals surface area contributed by atoms with Crippen molar-refractivity contribution in [1.29, 1.82) is 0 Å². The Hall–Kier alpha value is -1.14. The highest BCUT2D eigenvalue weighted by Gasteiger charge is 2.34. The lowest BCUT2D eigenvalue weighted by molar-refractivity contribution is -0.139. The van der Waals surface area contributed by atoms with Crippen LogP contribution in [-0.4, -0.2) is 53.6 Å². The number of amides is 1. The van der Waals surface area contributed by atoms with Crippen molar-refractivity contribution in [3.63, 3.8) is 0 Å². The quantitative estimate of drug-likeness (QED) is 0.589. The van der Waals surface area contributed by atoms with E-state index < -0.39 is 12.0 Å². The van der Waals surface area contributed by atoms with Gasteiger partial charge in [-0.05, 0) is 18.8 Å². The predicted octanol–water partition coefficient (Wildman–Crippen LogP) is -1.00. The summed E-state index contributed by atoms with van der Waals surface area (Å²) >= 11 is 0. The zero-order valence-electron chi connectivity index (χ0n) is 9.76. The minimum absolute atomic E-state index is 0.141. The first-order chi connectivity index (χ1) is 8.06. The van der Waals surface area contributed by atoms with Crippen LogP contribution in [0.3, 0.4) is 0 Å². The number of carbonyl (C=O) groups is 2. The van der Waals surface area contributed by atoms with Crippen LogP contribution < -0.4 is 11.1 Å². The molecule has 6 heteroatoms. The fraction of sp³-hybridized carbons (Fsp3) is 0.818. The minimum Gasteiger partial charge on any atom is -0.480 e. The van der Waals surface area contributed by atoms with Gasteiger partial charge in [0.2, 0.25) is 5.91 Å². The fourth-order valence-electron chi connectivity index (χ4n) is 2.71. The number of hydrogen-bond acceptors (Lipinski definition) is 4. The van der Waals surface area contributed by atoms with Gasteiger partial charge >= 0.3 is 5.97 Å². The molecule has 0 spiro atoms. The Bertz CT molecular complexity index is 321. The van der Waals surface area contributed by atoms with Gasteiger partial charge in [0, 0.05) is 32.1 Å². The zero-order valence-corrected chi connectivity index (χ0v) is 9.76. The van der Waals surface area contributed by atoms with Gasteiger partial charge < -0.3 is 21.1 Å².